The van der Waals surface area contributed by atoms with Crippen molar-refractivity contribution in [3.8, 4) is 5.75 Å². The Kier molecular flexibility index (Phi) is 17.0. The quantitative estimate of drug-likeness (QED) is 0.0695. The molecule has 0 unspecified atom stereocenters. The Morgan fingerprint density at radius 1 is 0.809 bits per heavy atom. The molecule has 16 nitrogen and oxygen atoms in total. The third-order valence-corrected chi connectivity index (χ3v) is 8.92. The predicted octanol–water partition coefficient (Wildman–Crippen LogP) is -6.23. The average Bonchev–Trinajstić information content (AvgIpc) is 2.95. The molecule has 0 aromatic heterocycles. The molecule has 0 radical (unpaired) electrons. The fourth-order valence-electron chi connectivity index (χ4n) is 3.79. The van der Waals surface area contributed by atoms with Crippen molar-refractivity contribution in [1.82, 2.24) is 0 Å². The van der Waals surface area contributed by atoms with Crippen LogP contribution in [0.5, 0.6) is 5.75 Å². The van der Waals surface area contributed by atoms with Crippen molar-refractivity contribution in [3.05, 3.63) is 78.2 Å². The number of carbonyl (C=O) groups is 1. The number of benzene rings is 4. The van der Waals surface area contributed by atoms with Gasteiger partial charge >= 0.3 is 154 Å². The Balaban J connectivity index is 0.00000368. The molecule has 0 atom stereocenters. The Labute approximate surface area is 395 Å². The predicted molar refractivity (Wildman–Crippen MR) is 149 cm³/mol. The molecule has 0 amide bonds. The van der Waals surface area contributed by atoms with Crippen LogP contribution in [-0.2, 0) is 30.1 Å². The maximum Gasteiger partial charge on any atom is 1.00 e. The molecule has 4 aromatic rings. The zero-order valence-electron chi connectivity index (χ0n) is 24.7. The van der Waals surface area contributed by atoms with E-state index in [1.165, 1.54) is 30.3 Å². The van der Waals surface area contributed by atoms with E-state index >= 15 is 0 Å². The number of hydrogen-bond donors (Lipinski definition) is 2. The minimum atomic E-state index is -5.39. The Morgan fingerprint density at radius 2 is 1.36 bits per heavy atom. The van der Waals surface area contributed by atoms with Crippen molar-refractivity contribution < 1.29 is 204 Å². The van der Waals surface area contributed by atoms with Crippen LogP contribution in [0.25, 0.3) is 10.8 Å². The van der Waals surface area contributed by atoms with Gasteiger partial charge in [-0.15, -0.1) is 10.2 Å². The molecule has 0 spiro atoms. The first-order chi connectivity index (χ1) is 20.4. The van der Waals surface area contributed by atoms with E-state index in [-0.39, 0.29) is 176 Å². The molecule has 47 heavy (non-hydrogen) atoms. The molecule has 4 aromatic carbocycles. The molecular weight excluding hydrogens is 760 g/mol. The molecule has 0 heterocycles. The van der Waals surface area contributed by atoms with Crippen LogP contribution in [0.3, 0.4) is 0 Å². The molecule has 0 aliphatic rings. The number of aromatic carboxylic acids is 1. The molecule has 0 aliphatic heterocycles. The summed E-state index contributed by atoms with van der Waals surface area (Å²) in [5.74, 6) is -2.86. The van der Waals surface area contributed by atoms with Gasteiger partial charge in [0.25, 0.3) is 10.1 Å². The summed E-state index contributed by atoms with van der Waals surface area (Å²) in [6, 6.07) is 10.6. The number of carboxylic acid groups (broad SMARTS) is 1. The number of nitrogen functional groups attached to an aromatic ring is 1. The van der Waals surface area contributed by atoms with Crippen molar-refractivity contribution in [2.75, 3.05) is 5.73 Å². The second-order valence-corrected chi connectivity index (χ2v) is 13.3. The van der Waals surface area contributed by atoms with Gasteiger partial charge in [-0.25, -0.2) is 16.8 Å². The van der Waals surface area contributed by atoms with Gasteiger partial charge in [-0.2, -0.15) is 18.6 Å². The molecule has 4 rings (SSSR count). The van der Waals surface area contributed by atoms with Gasteiger partial charge < -0.3 is 25.3 Å². The number of fused-ring (bicyclic) bond motifs is 1. The van der Waals surface area contributed by atoms with Gasteiger partial charge in [0, 0.05) is 10.8 Å². The summed E-state index contributed by atoms with van der Waals surface area (Å²) in [5.41, 5.74) is 3.01. The number of sulfone groups is 1. The van der Waals surface area contributed by atoms with Gasteiger partial charge in [0.1, 0.15) is 20.7 Å². The third kappa shape index (κ3) is 10.7. The van der Waals surface area contributed by atoms with Crippen LogP contribution in [0.1, 0.15) is 10.4 Å². The van der Waals surface area contributed by atoms with Gasteiger partial charge in [0.2, 0.25) is 0 Å². The van der Waals surface area contributed by atoms with Crippen LogP contribution < -0.4 is 170 Å². The van der Waals surface area contributed by atoms with Crippen LogP contribution in [0, 0.1) is 0 Å². The molecule has 0 saturated carbocycles. The van der Waals surface area contributed by atoms with Crippen LogP contribution in [0.4, 0.5) is 28.4 Å². The normalized spacial score (nSPS) is 11.9. The first-order valence-electron chi connectivity index (χ1n) is 11.6. The summed E-state index contributed by atoms with van der Waals surface area (Å²) in [6.45, 7) is 3.20. The van der Waals surface area contributed by atoms with E-state index in [2.05, 4.69) is 27.0 Å². The standard InChI is InChI=1S/C25H19N5O11S3.3K/c1-2-42(34,35)17-8-6-15(7-9-17)27-29-22-18(43(36,37)38)11-14-12-19(44(39,40)41)23(24(31)20(14)21(22)26)30-28-16-5-3-4-13(10-16)25(32)33;;;/h2-12,31H,1,26H2,(H,32,33)(H,36,37,38)(H,39,40,41);;;/q;3*+1/p-3. The van der Waals surface area contributed by atoms with E-state index in [9.17, 15) is 49.4 Å². The summed E-state index contributed by atoms with van der Waals surface area (Å²) >= 11 is 0. The third-order valence-electron chi connectivity index (χ3n) is 5.84. The number of nitrogens with two attached hydrogens (primary N) is 1. The second-order valence-electron chi connectivity index (χ2n) is 8.66. The summed E-state index contributed by atoms with van der Waals surface area (Å²) in [6.07, 6.45) is 0. The van der Waals surface area contributed by atoms with Crippen LogP contribution >= 0.6 is 0 Å². The van der Waals surface area contributed by atoms with E-state index in [4.69, 9.17) is 5.73 Å². The van der Waals surface area contributed by atoms with Crippen molar-refractivity contribution in [2.45, 2.75) is 14.7 Å². The molecule has 0 saturated heterocycles. The fourth-order valence-corrected chi connectivity index (χ4v) is 5.81. The van der Waals surface area contributed by atoms with E-state index in [1.54, 1.807) is 0 Å². The molecule has 22 heteroatoms. The smallest absolute Gasteiger partial charge is 0.870 e. The van der Waals surface area contributed by atoms with Crippen molar-refractivity contribution in [3.63, 3.8) is 0 Å². The van der Waals surface area contributed by atoms with Crippen molar-refractivity contribution in [1.29, 1.82) is 0 Å². The minimum absolute atomic E-state index is 0. The maximum atomic E-state index is 13.5. The number of anilines is 1. The number of carbonyl (C=O) groups excluding carboxylic acids is 1. The first kappa shape index (κ1) is 44.9. The van der Waals surface area contributed by atoms with Gasteiger partial charge in [-0.05, 0) is 59.5 Å². The number of carboxylic acids is 1. The molecule has 228 valence electrons. The molecule has 0 fully saturated rings. The Morgan fingerprint density at radius 3 is 1.89 bits per heavy atom. The molecule has 0 bridgehead atoms. The number of nitrogens with zero attached hydrogens (tertiary/aromatic N) is 4. The molecular formula is C25H16K3N5O11S3. The summed E-state index contributed by atoms with van der Waals surface area (Å²) in [5, 5.41) is 38.9. The van der Waals surface area contributed by atoms with E-state index in [0.29, 0.717) is 12.1 Å². The van der Waals surface area contributed by atoms with E-state index < -0.39 is 79.4 Å². The zero-order chi connectivity index (χ0) is 32.6. The van der Waals surface area contributed by atoms with Crippen LogP contribution in [-0.4, -0.2) is 40.3 Å². The number of hydrogen-bond acceptors (Lipinski definition) is 15. The minimum Gasteiger partial charge on any atom is -0.870 e. The van der Waals surface area contributed by atoms with Crippen LogP contribution in [0.15, 0.2) is 108 Å². The fraction of sp³-hybridized carbons (Fsp3) is 0. The topological polar surface area (TPSA) is 284 Å². The van der Waals surface area contributed by atoms with Gasteiger partial charge in [0.05, 0.1) is 38.5 Å². The van der Waals surface area contributed by atoms with Crippen molar-refractivity contribution >= 4 is 75.3 Å². The Bertz CT molecular complexity index is 2270. The molecule has 3 N–H and O–H groups in total. The number of azo groups is 2. The molecule has 0 aliphatic carbocycles. The summed E-state index contributed by atoms with van der Waals surface area (Å²) < 4.78 is 94.2. The number of rotatable bonds is 9. The SMILES string of the molecule is C=CS(=O)(=O)c1ccc(N=Nc2c(S(=O)(=O)[O-])cc3cc(S(=O)(=O)O)c(N=Nc4cccc(C(=O)[O-])c4)c([O-])c3c2N)cc1.[K+].[K+].[K+]. The van der Waals surface area contributed by atoms with Crippen LogP contribution in [0.2, 0.25) is 0 Å². The van der Waals surface area contributed by atoms with E-state index in [1.807, 2.05) is 0 Å². The van der Waals surface area contributed by atoms with Gasteiger partial charge in [-0.1, -0.05) is 24.5 Å². The van der Waals surface area contributed by atoms with Gasteiger partial charge in [-0.3, -0.25) is 4.55 Å². The summed E-state index contributed by atoms with van der Waals surface area (Å²) in [7, 11) is -14.4. The van der Waals surface area contributed by atoms with Gasteiger partial charge in [0.15, 0.2) is 9.84 Å². The summed E-state index contributed by atoms with van der Waals surface area (Å²) in [4.78, 5) is 8.75. The average molecular weight is 776 g/mol. The second kappa shape index (κ2) is 17.9. The first-order valence-corrected chi connectivity index (χ1v) is 16.0. The zero-order valence-corrected chi connectivity index (χ0v) is 36.5. The van der Waals surface area contributed by atoms with E-state index in [0.717, 1.165) is 23.6 Å². The Hall–Kier alpha value is -0.171. The maximum absolute atomic E-state index is 13.5. The monoisotopic (exact) mass is 775 g/mol. The largest absolute Gasteiger partial charge is 1.00 e. The van der Waals surface area contributed by atoms with Crippen molar-refractivity contribution in [2.24, 2.45) is 20.5 Å².